The van der Waals surface area contributed by atoms with Crippen LogP contribution in [0.2, 0.25) is 0 Å². The van der Waals surface area contributed by atoms with Crippen molar-refractivity contribution < 1.29 is 9.53 Å². The van der Waals surface area contributed by atoms with E-state index in [0.717, 1.165) is 39.2 Å². The summed E-state index contributed by atoms with van der Waals surface area (Å²) in [5.74, 6) is -0.292. The number of anilines is 1. The van der Waals surface area contributed by atoms with Crippen LogP contribution in [-0.4, -0.2) is 30.9 Å². The molecular weight excluding hydrogens is 416 g/mol. The van der Waals surface area contributed by atoms with Crippen LogP contribution in [-0.2, 0) is 9.53 Å². The average Bonchev–Trinajstić information content (AvgIpc) is 2.82. The van der Waals surface area contributed by atoms with Gasteiger partial charge in [-0.25, -0.2) is 4.79 Å². The van der Waals surface area contributed by atoms with Crippen molar-refractivity contribution in [1.82, 2.24) is 0 Å². The van der Waals surface area contributed by atoms with Gasteiger partial charge in [-0.05, 0) is 45.9 Å². The molecule has 0 amide bonds. The molecule has 0 fully saturated rings. The minimum atomic E-state index is -0.292. The molecule has 0 aromatic heterocycles. The van der Waals surface area contributed by atoms with Crippen molar-refractivity contribution in [3.63, 3.8) is 0 Å². The Labute approximate surface area is 175 Å². The van der Waals surface area contributed by atoms with Gasteiger partial charge in [-0.15, -0.1) is 0 Å². The summed E-state index contributed by atoms with van der Waals surface area (Å²) in [5.41, 5.74) is 5.55. The highest BCUT2D eigenvalue weighted by molar-refractivity contribution is 9.10. The molecular formula is C23H25BrN2O2. The predicted molar refractivity (Wildman–Crippen MR) is 118 cm³/mol. The maximum Gasteiger partial charge on any atom is 0.335 e. The number of halogens is 1. The van der Waals surface area contributed by atoms with Crippen LogP contribution in [0.25, 0.3) is 0 Å². The van der Waals surface area contributed by atoms with Gasteiger partial charge in [-0.3, -0.25) is 4.99 Å². The highest BCUT2D eigenvalue weighted by atomic mass is 79.9. The molecule has 1 aliphatic rings. The van der Waals surface area contributed by atoms with E-state index in [2.05, 4.69) is 52.0 Å². The van der Waals surface area contributed by atoms with Gasteiger partial charge in [0.25, 0.3) is 0 Å². The van der Waals surface area contributed by atoms with Gasteiger partial charge in [0.05, 0.1) is 35.3 Å². The summed E-state index contributed by atoms with van der Waals surface area (Å²) in [6, 6.07) is 16.2. The number of aliphatic imine (C=N–C) groups is 1. The quantitative estimate of drug-likeness (QED) is 0.475. The second-order valence-corrected chi connectivity index (χ2v) is 7.57. The molecule has 0 aliphatic carbocycles. The van der Waals surface area contributed by atoms with E-state index in [9.17, 15) is 4.79 Å². The maximum atomic E-state index is 12.5. The number of carbonyl (C=O) groups excluding carboxylic acids is 1. The van der Waals surface area contributed by atoms with Gasteiger partial charge in [0, 0.05) is 22.1 Å². The number of benzene rings is 2. The van der Waals surface area contributed by atoms with E-state index >= 15 is 0 Å². The monoisotopic (exact) mass is 440 g/mol. The molecule has 0 saturated heterocycles. The second kappa shape index (κ2) is 8.74. The average molecular weight is 441 g/mol. The van der Waals surface area contributed by atoms with Gasteiger partial charge in [0.15, 0.2) is 0 Å². The number of hydrogen-bond donors (Lipinski definition) is 0. The van der Waals surface area contributed by atoms with Gasteiger partial charge in [0.2, 0.25) is 0 Å². The molecule has 146 valence electrons. The summed E-state index contributed by atoms with van der Waals surface area (Å²) < 4.78 is 6.27. The van der Waals surface area contributed by atoms with Crippen molar-refractivity contribution in [1.29, 1.82) is 0 Å². The van der Waals surface area contributed by atoms with E-state index < -0.39 is 0 Å². The van der Waals surface area contributed by atoms with E-state index in [1.807, 2.05) is 45.0 Å². The summed E-state index contributed by atoms with van der Waals surface area (Å²) in [6.07, 6.45) is 0. The Morgan fingerprint density at radius 2 is 1.89 bits per heavy atom. The van der Waals surface area contributed by atoms with E-state index in [1.165, 1.54) is 0 Å². The van der Waals surface area contributed by atoms with Crippen molar-refractivity contribution in [2.24, 2.45) is 4.99 Å². The SMILES string of the molecule is CCOC(=O)/C(C)=C1\[C@@H](C)N=C(c2ccccc2)c2cc(Br)ccc2N1CC. The Balaban J connectivity index is 2.29. The number of esters is 1. The molecule has 1 atom stereocenters. The third kappa shape index (κ3) is 3.90. The van der Waals surface area contributed by atoms with Crippen molar-refractivity contribution in [3.05, 3.63) is 75.4 Å². The zero-order valence-electron chi connectivity index (χ0n) is 16.7. The van der Waals surface area contributed by atoms with Gasteiger partial charge >= 0.3 is 5.97 Å². The lowest BCUT2D eigenvalue weighted by Crippen LogP contribution is -2.30. The van der Waals surface area contributed by atoms with Crippen LogP contribution in [0.4, 0.5) is 5.69 Å². The topological polar surface area (TPSA) is 41.9 Å². The van der Waals surface area contributed by atoms with Crippen molar-refractivity contribution >= 4 is 33.3 Å². The number of rotatable bonds is 4. The fourth-order valence-corrected chi connectivity index (χ4v) is 4.00. The fraction of sp³-hybridized carbons (Fsp3) is 0.304. The van der Waals surface area contributed by atoms with Crippen LogP contribution in [0.15, 0.2) is 69.3 Å². The Bertz CT molecular complexity index is 935. The minimum Gasteiger partial charge on any atom is -0.463 e. The predicted octanol–water partition coefficient (Wildman–Crippen LogP) is 5.35. The number of ether oxygens (including phenoxy) is 1. The molecule has 28 heavy (non-hydrogen) atoms. The number of carbonyl (C=O) groups is 1. The number of fused-ring (bicyclic) bond motifs is 1. The van der Waals surface area contributed by atoms with E-state index in [4.69, 9.17) is 9.73 Å². The van der Waals surface area contributed by atoms with E-state index in [-0.39, 0.29) is 12.0 Å². The Morgan fingerprint density at radius 3 is 2.54 bits per heavy atom. The first-order valence-electron chi connectivity index (χ1n) is 9.56. The first-order chi connectivity index (χ1) is 13.5. The lowest BCUT2D eigenvalue weighted by Gasteiger charge is -2.29. The van der Waals surface area contributed by atoms with Crippen LogP contribution in [0.1, 0.15) is 38.8 Å². The number of benzodiazepines with no additional fused rings is 1. The number of likely N-dealkylation sites (N-methyl/N-ethyl adjacent to an activating group) is 1. The van der Waals surface area contributed by atoms with Crippen LogP contribution in [0.3, 0.4) is 0 Å². The first-order valence-corrected chi connectivity index (χ1v) is 10.4. The second-order valence-electron chi connectivity index (χ2n) is 6.66. The van der Waals surface area contributed by atoms with Crippen LogP contribution < -0.4 is 4.90 Å². The fourth-order valence-electron chi connectivity index (χ4n) is 3.64. The lowest BCUT2D eigenvalue weighted by atomic mass is 10.00. The third-order valence-corrected chi connectivity index (χ3v) is 5.34. The molecule has 3 rings (SSSR count). The van der Waals surface area contributed by atoms with Gasteiger partial charge in [-0.1, -0.05) is 46.3 Å². The number of nitrogens with zero attached hydrogens (tertiary/aromatic N) is 2. The standard InChI is InChI=1S/C23H25BrN2O2/c1-5-26-20-13-12-18(24)14-19(20)21(17-10-8-7-9-11-17)25-16(4)22(26)15(3)23(27)28-6-2/h7-14,16H,5-6H2,1-4H3/b22-15+/t16-/m1/s1. The Morgan fingerprint density at radius 1 is 1.18 bits per heavy atom. The maximum absolute atomic E-state index is 12.5. The van der Waals surface area contributed by atoms with Crippen molar-refractivity contribution in [2.45, 2.75) is 33.7 Å². The van der Waals surface area contributed by atoms with Gasteiger partial charge < -0.3 is 9.64 Å². The smallest absolute Gasteiger partial charge is 0.335 e. The summed E-state index contributed by atoms with van der Waals surface area (Å²) >= 11 is 3.60. The van der Waals surface area contributed by atoms with Crippen molar-refractivity contribution in [2.75, 3.05) is 18.1 Å². The normalized spacial score (nSPS) is 18.1. The molecule has 2 aromatic rings. The third-order valence-electron chi connectivity index (χ3n) is 4.84. The van der Waals surface area contributed by atoms with Crippen LogP contribution >= 0.6 is 15.9 Å². The Hall–Kier alpha value is -2.40. The zero-order chi connectivity index (χ0) is 20.3. The number of hydrogen-bond acceptors (Lipinski definition) is 4. The first kappa shape index (κ1) is 20.3. The highest BCUT2D eigenvalue weighted by Gasteiger charge is 2.29. The molecule has 0 spiro atoms. The molecule has 1 aliphatic heterocycles. The molecule has 2 aromatic carbocycles. The molecule has 0 bridgehead atoms. The molecule has 1 heterocycles. The van der Waals surface area contributed by atoms with E-state index in [1.54, 1.807) is 0 Å². The van der Waals surface area contributed by atoms with Crippen LogP contribution in [0, 0.1) is 0 Å². The van der Waals surface area contributed by atoms with Crippen molar-refractivity contribution in [3.8, 4) is 0 Å². The molecule has 0 radical (unpaired) electrons. The summed E-state index contributed by atoms with van der Waals surface area (Å²) in [5, 5.41) is 0. The lowest BCUT2D eigenvalue weighted by molar-refractivity contribution is -0.138. The largest absolute Gasteiger partial charge is 0.463 e. The summed E-state index contributed by atoms with van der Waals surface area (Å²) in [4.78, 5) is 19.8. The van der Waals surface area contributed by atoms with Gasteiger partial charge in [0.1, 0.15) is 0 Å². The molecule has 0 unspecified atom stereocenters. The molecule has 0 N–H and O–H groups in total. The van der Waals surface area contributed by atoms with Gasteiger partial charge in [-0.2, -0.15) is 0 Å². The van der Waals surface area contributed by atoms with Crippen LogP contribution in [0.5, 0.6) is 0 Å². The minimum absolute atomic E-state index is 0.189. The molecule has 0 saturated carbocycles. The highest BCUT2D eigenvalue weighted by Crippen LogP contribution is 2.35. The molecule has 5 heteroatoms. The molecule has 4 nitrogen and oxygen atoms in total. The van der Waals surface area contributed by atoms with E-state index in [0.29, 0.717) is 12.2 Å². The Kier molecular flexibility index (Phi) is 6.35. The summed E-state index contributed by atoms with van der Waals surface area (Å²) in [7, 11) is 0. The zero-order valence-corrected chi connectivity index (χ0v) is 18.3. The summed E-state index contributed by atoms with van der Waals surface area (Å²) in [6.45, 7) is 8.85.